The summed E-state index contributed by atoms with van der Waals surface area (Å²) in [7, 11) is -1.51. The van der Waals surface area contributed by atoms with Crippen molar-refractivity contribution >= 4 is 15.9 Å². The van der Waals surface area contributed by atoms with Gasteiger partial charge in [0, 0.05) is 37.8 Å². The number of hydrogen-bond acceptors (Lipinski definition) is 4. The Hall–Kier alpha value is -1.44. The Labute approximate surface area is 156 Å². The summed E-state index contributed by atoms with van der Waals surface area (Å²) in [6.07, 6.45) is 3.70. The van der Waals surface area contributed by atoms with Crippen LogP contribution < -0.4 is 5.32 Å². The van der Waals surface area contributed by atoms with E-state index in [1.807, 2.05) is 11.9 Å². The van der Waals surface area contributed by atoms with Gasteiger partial charge in [-0.2, -0.15) is 4.31 Å². The Balaban J connectivity index is 1.67. The van der Waals surface area contributed by atoms with E-state index in [0.29, 0.717) is 30.6 Å². The number of benzene rings is 1. The maximum atomic E-state index is 12.8. The first-order valence-corrected chi connectivity index (χ1v) is 10.9. The highest BCUT2D eigenvalue weighted by atomic mass is 32.2. The Morgan fingerprint density at radius 1 is 1.00 bits per heavy atom. The van der Waals surface area contributed by atoms with Gasteiger partial charge in [0.05, 0.1) is 4.90 Å². The maximum absolute atomic E-state index is 12.8. The minimum Gasteiger partial charge on any atom is -0.339 e. The molecule has 0 bridgehead atoms. The molecule has 1 aromatic carbocycles. The van der Waals surface area contributed by atoms with Crippen LogP contribution in [0.1, 0.15) is 43.0 Å². The summed E-state index contributed by atoms with van der Waals surface area (Å²) in [5, 5.41) is 3.25. The van der Waals surface area contributed by atoms with E-state index in [0.717, 1.165) is 38.8 Å². The zero-order valence-corrected chi connectivity index (χ0v) is 16.5. The molecule has 7 heteroatoms. The molecule has 2 aliphatic heterocycles. The molecule has 2 aliphatic rings. The molecule has 26 heavy (non-hydrogen) atoms. The molecule has 6 nitrogen and oxygen atoms in total. The summed E-state index contributed by atoms with van der Waals surface area (Å²) in [5.41, 5.74) is 0.555. The molecule has 1 aromatic rings. The van der Waals surface area contributed by atoms with Gasteiger partial charge >= 0.3 is 0 Å². The zero-order chi connectivity index (χ0) is 18.7. The lowest BCUT2D eigenvalue weighted by molar-refractivity contribution is 0.0707. The fourth-order valence-electron chi connectivity index (χ4n) is 3.70. The van der Waals surface area contributed by atoms with Crippen molar-refractivity contribution in [3.8, 4) is 0 Å². The highest BCUT2D eigenvalue weighted by Gasteiger charge is 2.28. The van der Waals surface area contributed by atoms with Gasteiger partial charge in [0.2, 0.25) is 10.0 Å². The van der Waals surface area contributed by atoms with Gasteiger partial charge in [0.25, 0.3) is 5.91 Å². The van der Waals surface area contributed by atoms with Crippen molar-refractivity contribution in [3.05, 3.63) is 29.8 Å². The van der Waals surface area contributed by atoms with Gasteiger partial charge in [-0.1, -0.05) is 6.92 Å². The maximum Gasteiger partial charge on any atom is 0.253 e. The van der Waals surface area contributed by atoms with Crippen LogP contribution in [0.4, 0.5) is 0 Å². The highest BCUT2D eigenvalue weighted by molar-refractivity contribution is 7.89. The van der Waals surface area contributed by atoms with Crippen LogP contribution in [0.3, 0.4) is 0 Å². The van der Waals surface area contributed by atoms with Crippen LogP contribution in [0.25, 0.3) is 0 Å². The molecule has 3 rings (SSSR count). The molecule has 0 aromatic heterocycles. The Morgan fingerprint density at radius 3 is 2.12 bits per heavy atom. The highest BCUT2D eigenvalue weighted by Crippen LogP contribution is 2.24. The first-order chi connectivity index (χ1) is 12.4. The molecule has 2 heterocycles. The standard InChI is InChI=1S/C19H29N3O3S/c1-15-7-13-22(14-8-15)26(24,25)18-5-3-16(4-6-18)19(23)21-11-9-17(20-2)10-12-21/h3-6,15,17,20H,7-14H2,1-2H3. The quantitative estimate of drug-likeness (QED) is 0.868. The molecule has 2 fully saturated rings. The summed E-state index contributed by atoms with van der Waals surface area (Å²) in [5.74, 6) is 0.559. The lowest BCUT2D eigenvalue weighted by Gasteiger charge is -2.32. The van der Waals surface area contributed by atoms with Crippen molar-refractivity contribution in [1.82, 2.24) is 14.5 Å². The van der Waals surface area contributed by atoms with E-state index in [1.54, 1.807) is 28.6 Å². The Bertz CT molecular complexity index is 717. The number of amides is 1. The fraction of sp³-hybridized carbons (Fsp3) is 0.632. The normalized spacial score (nSPS) is 21.1. The van der Waals surface area contributed by atoms with E-state index in [9.17, 15) is 13.2 Å². The second kappa shape index (κ2) is 8.06. The van der Waals surface area contributed by atoms with E-state index in [2.05, 4.69) is 12.2 Å². The molecule has 0 atom stereocenters. The number of carbonyl (C=O) groups is 1. The third-order valence-electron chi connectivity index (χ3n) is 5.67. The van der Waals surface area contributed by atoms with Gasteiger partial charge in [-0.05, 0) is 62.9 Å². The van der Waals surface area contributed by atoms with Crippen molar-refractivity contribution in [2.75, 3.05) is 33.2 Å². The smallest absolute Gasteiger partial charge is 0.253 e. The van der Waals surface area contributed by atoms with Crippen LogP contribution in [0.2, 0.25) is 0 Å². The molecular weight excluding hydrogens is 350 g/mol. The van der Waals surface area contributed by atoms with Crippen LogP contribution in [0.5, 0.6) is 0 Å². The van der Waals surface area contributed by atoms with E-state index in [-0.39, 0.29) is 10.8 Å². The number of likely N-dealkylation sites (tertiary alicyclic amines) is 1. The molecule has 0 unspecified atom stereocenters. The van der Waals surface area contributed by atoms with Crippen molar-refractivity contribution < 1.29 is 13.2 Å². The lowest BCUT2D eigenvalue weighted by atomic mass is 10.0. The number of nitrogens with zero attached hydrogens (tertiary/aromatic N) is 2. The number of nitrogens with one attached hydrogen (secondary N) is 1. The van der Waals surface area contributed by atoms with Crippen LogP contribution >= 0.6 is 0 Å². The minimum atomic E-state index is -3.46. The van der Waals surface area contributed by atoms with Gasteiger partial charge in [-0.3, -0.25) is 4.79 Å². The monoisotopic (exact) mass is 379 g/mol. The molecule has 1 amide bonds. The average molecular weight is 380 g/mol. The molecule has 0 spiro atoms. The SMILES string of the molecule is CNC1CCN(C(=O)c2ccc(S(=O)(=O)N3CCC(C)CC3)cc2)CC1. The number of piperidine rings is 2. The summed E-state index contributed by atoms with van der Waals surface area (Å²) in [4.78, 5) is 14.8. The van der Waals surface area contributed by atoms with Gasteiger partial charge < -0.3 is 10.2 Å². The summed E-state index contributed by atoms with van der Waals surface area (Å²) in [6, 6.07) is 6.90. The second-order valence-corrected chi connectivity index (χ2v) is 9.40. The third-order valence-corrected chi connectivity index (χ3v) is 7.58. The number of rotatable bonds is 4. The van der Waals surface area contributed by atoms with E-state index >= 15 is 0 Å². The molecule has 0 saturated carbocycles. The Morgan fingerprint density at radius 2 is 1.58 bits per heavy atom. The molecule has 0 radical (unpaired) electrons. The summed E-state index contributed by atoms with van der Waals surface area (Å²) >= 11 is 0. The molecule has 0 aliphatic carbocycles. The van der Waals surface area contributed by atoms with Crippen LogP contribution in [0, 0.1) is 5.92 Å². The average Bonchev–Trinajstić information content (AvgIpc) is 2.68. The third kappa shape index (κ3) is 4.10. The summed E-state index contributed by atoms with van der Waals surface area (Å²) < 4.78 is 27.1. The minimum absolute atomic E-state index is 0.0182. The zero-order valence-electron chi connectivity index (χ0n) is 15.6. The summed E-state index contributed by atoms with van der Waals surface area (Å²) in [6.45, 7) is 4.77. The topological polar surface area (TPSA) is 69.7 Å². The van der Waals surface area contributed by atoms with Crippen LogP contribution in [0.15, 0.2) is 29.2 Å². The van der Waals surface area contributed by atoms with Gasteiger partial charge in [0.15, 0.2) is 0 Å². The predicted octanol–water partition coefficient (Wildman–Crippen LogP) is 1.93. The van der Waals surface area contributed by atoms with Crippen LogP contribution in [-0.4, -0.2) is 62.8 Å². The van der Waals surface area contributed by atoms with Crippen LogP contribution in [-0.2, 0) is 10.0 Å². The van der Waals surface area contributed by atoms with E-state index < -0.39 is 10.0 Å². The van der Waals surface area contributed by atoms with Gasteiger partial charge in [-0.25, -0.2) is 8.42 Å². The van der Waals surface area contributed by atoms with E-state index in [1.165, 1.54) is 0 Å². The van der Waals surface area contributed by atoms with Crippen molar-refractivity contribution in [2.45, 2.75) is 43.5 Å². The van der Waals surface area contributed by atoms with Gasteiger partial charge in [0.1, 0.15) is 0 Å². The van der Waals surface area contributed by atoms with Gasteiger partial charge in [-0.15, -0.1) is 0 Å². The van der Waals surface area contributed by atoms with Crippen molar-refractivity contribution in [3.63, 3.8) is 0 Å². The van der Waals surface area contributed by atoms with Crippen molar-refractivity contribution in [2.24, 2.45) is 5.92 Å². The first kappa shape index (κ1) is 19.3. The molecule has 1 N–H and O–H groups in total. The molecule has 2 saturated heterocycles. The lowest BCUT2D eigenvalue weighted by Crippen LogP contribution is -2.43. The number of carbonyl (C=O) groups excluding carboxylic acids is 1. The first-order valence-electron chi connectivity index (χ1n) is 9.48. The largest absolute Gasteiger partial charge is 0.339 e. The molecule has 144 valence electrons. The van der Waals surface area contributed by atoms with E-state index in [4.69, 9.17) is 0 Å². The predicted molar refractivity (Wildman–Crippen MR) is 102 cm³/mol. The number of hydrogen-bond donors (Lipinski definition) is 1. The number of sulfonamides is 1. The molecular formula is C19H29N3O3S. The van der Waals surface area contributed by atoms with Crippen molar-refractivity contribution in [1.29, 1.82) is 0 Å². The Kier molecular flexibility index (Phi) is 5.99. The fourth-order valence-corrected chi connectivity index (χ4v) is 5.17. The second-order valence-electron chi connectivity index (χ2n) is 7.47.